The van der Waals surface area contributed by atoms with Gasteiger partial charge >= 0.3 is 23.5 Å². The van der Waals surface area contributed by atoms with Crippen molar-refractivity contribution in [3.63, 3.8) is 0 Å². The molecule has 1 aliphatic heterocycles. The van der Waals surface area contributed by atoms with Crippen LogP contribution in [0.2, 0.25) is 0 Å². The molecular weight excluding hydrogens is 561 g/mol. The molecule has 1 fully saturated rings. The number of phosphoric acid groups is 3. The fourth-order valence-corrected chi connectivity index (χ4v) is 6.56. The summed E-state index contributed by atoms with van der Waals surface area (Å²) in [6.07, 6.45) is 3.57. The Bertz CT molecular complexity index is 1190. The van der Waals surface area contributed by atoms with Crippen LogP contribution >= 0.6 is 23.5 Å². The van der Waals surface area contributed by atoms with Gasteiger partial charge in [-0.3, -0.25) is 9.09 Å². The minimum absolute atomic E-state index is 0.0177. The molecule has 2 unspecified atom stereocenters. The third kappa shape index (κ3) is 9.11. The van der Waals surface area contributed by atoms with Crippen molar-refractivity contribution in [2.24, 2.45) is 5.73 Å². The van der Waals surface area contributed by atoms with Gasteiger partial charge in [-0.05, 0) is 19.4 Å². The Balaban J connectivity index is 1.59. The van der Waals surface area contributed by atoms with Crippen molar-refractivity contribution in [2.45, 2.75) is 50.5 Å². The number of nitrogens with zero attached hydrogens (tertiary/aromatic N) is 4. The summed E-state index contributed by atoms with van der Waals surface area (Å²) in [4.78, 5) is 48.7. The summed E-state index contributed by atoms with van der Waals surface area (Å²) in [5.74, 6) is 0.519. The van der Waals surface area contributed by atoms with E-state index in [0.29, 0.717) is 30.1 Å². The van der Waals surface area contributed by atoms with Gasteiger partial charge in [0.1, 0.15) is 18.7 Å². The van der Waals surface area contributed by atoms with Gasteiger partial charge in [0, 0.05) is 13.0 Å². The van der Waals surface area contributed by atoms with Crippen LogP contribution in [-0.4, -0.2) is 76.1 Å². The maximum absolute atomic E-state index is 11.9. The van der Waals surface area contributed by atoms with E-state index in [-0.39, 0.29) is 6.42 Å². The number of aromatic nitrogens is 4. The summed E-state index contributed by atoms with van der Waals surface area (Å²) in [6, 6.07) is 0. The van der Waals surface area contributed by atoms with E-state index in [0.717, 1.165) is 25.7 Å². The molecule has 5 atom stereocenters. The van der Waals surface area contributed by atoms with E-state index in [4.69, 9.17) is 20.3 Å². The van der Waals surface area contributed by atoms with Crippen molar-refractivity contribution in [1.82, 2.24) is 19.5 Å². The maximum atomic E-state index is 11.9. The molecule has 1 aliphatic rings. The van der Waals surface area contributed by atoms with Crippen molar-refractivity contribution in [1.29, 1.82) is 0 Å². The second kappa shape index (κ2) is 12.7. The molecule has 0 saturated carbocycles. The number of imidazole rings is 1. The third-order valence-electron chi connectivity index (χ3n) is 5.11. The molecule has 1 saturated heterocycles. The quantitative estimate of drug-likeness (QED) is 0.111. The number of aliphatic hydroxyl groups is 1. The zero-order valence-electron chi connectivity index (χ0n) is 19.3. The van der Waals surface area contributed by atoms with Gasteiger partial charge in [0.25, 0.3) is 0 Å². The van der Waals surface area contributed by atoms with Gasteiger partial charge < -0.3 is 40.5 Å². The van der Waals surface area contributed by atoms with Crippen LogP contribution in [0.25, 0.3) is 11.2 Å². The first-order chi connectivity index (χ1) is 17.3. The van der Waals surface area contributed by atoms with Gasteiger partial charge in [0.05, 0.1) is 19.0 Å². The first-order valence-corrected chi connectivity index (χ1v) is 15.6. The summed E-state index contributed by atoms with van der Waals surface area (Å²) in [7, 11) is -16.5. The molecule has 0 aliphatic carbocycles. The van der Waals surface area contributed by atoms with Crippen molar-refractivity contribution in [3.05, 3.63) is 12.7 Å². The fraction of sp³-hybridized carbons (Fsp3) is 0.688. The highest BCUT2D eigenvalue weighted by Crippen LogP contribution is 2.66. The molecule has 18 nitrogen and oxygen atoms in total. The lowest BCUT2D eigenvalue weighted by molar-refractivity contribution is -0.0423. The SMILES string of the molecule is NCCCCCCNc1ncnc2c1ncn2[C@H]1C[C@H](O)[C@@H](COP(=O)(O)OP(=O)(O)OP(=O)(O)O)O1. The summed E-state index contributed by atoms with van der Waals surface area (Å²) in [6.45, 7) is 0.555. The highest BCUT2D eigenvalue weighted by molar-refractivity contribution is 7.66. The first-order valence-electron chi connectivity index (χ1n) is 11.0. The first kappa shape index (κ1) is 30.2. The molecule has 0 spiro atoms. The lowest BCUT2D eigenvalue weighted by Gasteiger charge is -2.19. The standard InChI is InChI=1S/C16H29N6O12P3/c17-5-3-1-2-4-6-18-15-14-16(20-9-19-15)22(10-21-14)13-7-11(23)12(32-13)8-31-36(27,28)34-37(29,30)33-35(24,25)26/h9-13,23H,1-8,17H2,(H,27,28)(H,29,30)(H,18,19,20)(H2,24,25,26)/t11-,12+,13+/m0/s1. The Morgan fingerprint density at radius 3 is 2.49 bits per heavy atom. The lowest BCUT2D eigenvalue weighted by atomic mass is 10.2. The molecule has 3 rings (SSSR count). The van der Waals surface area contributed by atoms with Crippen molar-refractivity contribution in [2.75, 3.05) is 25.0 Å². The average molecular weight is 590 g/mol. The predicted octanol–water partition coefficient (Wildman–Crippen LogP) is 0.749. The summed E-state index contributed by atoms with van der Waals surface area (Å²) in [5.41, 5.74) is 6.37. The highest BCUT2D eigenvalue weighted by atomic mass is 31.3. The Morgan fingerprint density at radius 2 is 1.78 bits per heavy atom. The van der Waals surface area contributed by atoms with Crippen LogP contribution < -0.4 is 11.1 Å². The van der Waals surface area contributed by atoms with Crippen LogP contribution in [-0.2, 0) is 31.6 Å². The van der Waals surface area contributed by atoms with Gasteiger partial charge in [-0.2, -0.15) is 8.62 Å². The normalized spacial score (nSPS) is 23.7. The second-order valence-corrected chi connectivity index (χ2v) is 12.4. The molecule has 2 aromatic heterocycles. The van der Waals surface area contributed by atoms with E-state index < -0.39 is 48.5 Å². The second-order valence-electron chi connectivity index (χ2n) is 7.99. The molecule has 21 heteroatoms. The minimum Gasteiger partial charge on any atom is -0.390 e. The fourth-order valence-electron chi connectivity index (χ4n) is 3.53. The number of ether oxygens (including phenoxy) is 1. The van der Waals surface area contributed by atoms with E-state index in [1.165, 1.54) is 17.2 Å². The number of aliphatic hydroxyl groups excluding tert-OH is 1. The molecule has 37 heavy (non-hydrogen) atoms. The molecule has 210 valence electrons. The van der Waals surface area contributed by atoms with Crippen LogP contribution in [0.4, 0.5) is 5.82 Å². The van der Waals surface area contributed by atoms with Crippen molar-refractivity contribution < 1.29 is 56.3 Å². The maximum Gasteiger partial charge on any atom is 0.490 e. The van der Waals surface area contributed by atoms with Crippen LogP contribution in [0, 0.1) is 0 Å². The number of nitrogens with one attached hydrogen (secondary N) is 1. The van der Waals surface area contributed by atoms with Gasteiger partial charge in [-0.1, -0.05) is 12.8 Å². The topological polar surface area (TPSA) is 271 Å². The molecule has 0 bridgehead atoms. The Labute approximate surface area is 210 Å². The smallest absolute Gasteiger partial charge is 0.390 e. The zero-order chi connectivity index (χ0) is 27.3. The van der Waals surface area contributed by atoms with Crippen LogP contribution in [0.15, 0.2) is 12.7 Å². The number of rotatable bonds is 15. The number of nitrogens with two attached hydrogens (primary N) is 1. The van der Waals surface area contributed by atoms with Crippen LogP contribution in [0.1, 0.15) is 38.3 Å². The monoisotopic (exact) mass is 590 g/mol. The van der Waals surface area contributed by atoms with Gasteiger partial charge in [-0.15, -0.1) is 0 Å². The van der Waals surface area contributed by atoms with Crippen molar-refractivity contribution in [3.8, 4) is 0 Å². The number of unbranched alkanes of at least 4 members (excludes halogenated alkanes) is 3. The molecule has 0 radical (unpaired) electrons. The Hall–Kier alpha value is -1.36. The lowest BCUT2D eigenvalue weighted by Crippen LogP contribution is -2.26. The number of hydrogen-bond acceptors (Lipinski definition) is 13. The van der Waals surface area contributed by atoms with E-state index in [1.54, 1.807) is 0 Å². The zero-order valence-corrected chi connectivity index (χ0v) is 22.0. The molecule has 3 heterocycles. The summed E-state index contributed by atoms with van der Waals surface area (Å²) < 4.78 is 53.1. The van der Waals surface area contributed by atoms with Gasteiger partial charge in [-0.25, -0.2) is 28.6 Å². The average Bonchev–Trinajstić information content (AvgIpc) is 3.36. The van der Waals surface area contributed by atoms with E-state index in [2.05, 4.69) is 33.4 Å². The molecule has 0 aromatic carbocycles. The Kier molecular flexibility index (Phi) is 10.3. The molecule has 0 amide bonds. The number of hydrogen-bond donors (Lipinski definition) is 7. The summed E-state index contributed by atoms with van der Waals surface area (Å²) in [5, 5.41) is 13.5. The minimum atomic E-state index is -5.65. The largest absolute Gasteiger partial charge is 0.490 e. The van der Waals surface area contributed by atoms with Crippen LogP contribution in [0.3, 0.4) is 0 Å². The van der Waals surface area contributed by atoms with E-state index in [9.17, 15) is 28.6 Å². The number of phosphoric ester groups is 1. The van der Waals surface area contributed by atoms with Gasteiger partial charge in [0.15, 0.2) is 17.0 Å². The third-order valence-corrected chi connectivity index (χ3v) is 8.92. The Morgan fingerprint density at radius 1 is 1.05 bits per heavy atom. The van der Waals surface area contributed by atoms with Gasteiger partial charge in [0.2, 0.25) is 0 Å². The van der Waals surface area contributed by atoms with E-state index >= 15 is 0 Å². The number of fused-ring (bicyclic) bond motifs is 1. The van der Waals surface area contributed by atoms with Crippen molar-refractivity contribution >= 4 is 40.4 Å². The molecule has 8 N–H and O–H groups in total. The predicted molar refractivity (Wildman–Crippen MR) is 126 cm³/mol. The number of anilines is 1. The highest BCUT2D eigenvalue weighted by Gasteiger charge is 2.43. The molecular formula is C16H29N6O12P3. The molecule has 2 aromatic rings. The van der Waals surface area contributed by atoms with E-state index in [1.807, 2.05) is 0 Å². The van der Waals surface area contributed by atoms with Crippen LogP contribution in [0.5, 0.6) is 0 Å². The summed E-state index contributed by atoms with van der Waals surface area (Å²) >= 11 is 0.